The Balaban J connectivity index is 1.90. The number of ether oxygens (including phenoxy) is 1. The third kappa shape index (κ3) is 4.61. The number of nitrogens with zero attached hydrogens (tertiary/aromatic N) is 3. The van der Waals surface area contributed by atoms with Crippen LogP contribution in [0.4, 0.5) is 5.82 Å². The number of methoxy groups -OCH3 is 1. The van der Waals surface area contributed by atoms with E-state index in [0.717, 1.165) is 31.1 Å². The van der Waals surface area contributed by atoms with Crippen LogP contribution >= 0.6 is 0 Å². The molecule has 0 spiro atoms. The Labute approximate surface area is 114 Å². The normalized spacial score (nSPS) is 14.4. The maximum absolute atomic E-state index is 5.10. The molecular weight excluding hydrogens is 240 g/mol. The van der Waals surface area contributed by atoms with Gasteiger partial charge in [0.1, 0.15) is 0 Å². The third-order valence-electron chi connectivity index (χ3n) is 3.09. The average molecular weight is 262 g/mol. The zero-order valence-corrected chi connectivity index (χ0v) is 11.5. The molecule has 0 atom stereocenters. The van der Waals surface area contributed by atoms with Crippen LogP contribution in [0.5, 0.6) is 0 Å². The van der Waals surface area contributed by atoms with Crippen molar-refractivity contribution >= 4 is 5.82 Å². The molecule has 2 rings (SSSR count). The highest BCUT2D eigenvalue weighted by molar-refractivity contribution is 5.38. The second-order valence-corrected chi connectivity index (χ2v) is 4.77. The summed E-state index contributed by atoms with van der Waals surface area (Å²) in [5, 5.41) is 12.0. The van der Waals surface area contributed by atoms with Crippen molar-refractivity contribution in [2.45, 2.75) is 25.4 Å². The number of aromatic nitrogens is 2. The Hall–Kier alpha value is -1.46. The first kappa shape index (κ1) is 14.0. The Morgan fingerprint density at radius 2 is 2.32 bits per heavy atom. The lowest BCUT2D eigenvalue weighted by molar-refractivity contribution is 0.205. The summed E-state index contributed by atoms with van der Waals surface area (Å²) in [4.78, 5) is 2.10. The van der Waals surface area contributed by atoms with E-state index in [1.54, 1.807) is 7.11 Å². The highest BCUT2D eigenvalue weighted by Gasteiger charge is 2.20. The maximum atomic E-state index is 5.10. The van der Waals surface area contributed by atoms with Crippen LogP contribution in [-0.2, 0) is 11.3 Å². The van der Waals surface area contributed by atoms with E-state index in [4.69, 9.17) is 4.74 Å². The highest BCUT2D eigenvalue weighted by Crippen LogP contribution is 2.19. The Morgan fingerprint density at radius 3 is 2.89 bits per heavy atom. The first-order valence-electron chi connectivity index (χ1n) is 6.74. The fraction of sp³-hybridized carbons (Fsp3) is 0.571. The molecule has 1 heterocycles. The van der Waals surface area contributed by atoms with E-state index < -0.39 is 0 Å². The summed E-state index contributed by atoms with van der Waals surface area (Å²) in [7, 11) is 1.70. The van der Waals surface area contributed by atoms with E-state index in [9.17, 15) is 0 Å². The van der Waals surface area contributed by atoms with Crippen LogP contribution in [0.15, 0.2) is 24.8 Å². The molecule has 1 aromatic rings. The number of anilines is 1. The number of hydrogen-bond donors (Lipinski definition) is 1. The molecule has 0 saturated heterocycles. The molecule has 0 bridgehead atoms. The minimum Gasteiger partial charge on any atom is -0.383 e. The van der Waals surface area contributed by atoms with Crippen LogP contribution in [0.25, 0.3) is 0 Å². The summed E-state index contributed by atoms with van der Waals surface area (Å²) in [6.45, 7) is 6.77. The van der Waals surface area contributed by atoms with Gasteiger partial charge in [-0.25, -0.2) is 0 Å². The minimum atomic E-state index is 0.667. The fourth-order valence-electron chi connectivity index (χ4n) is 1.81. The van der Waals surface area contributed by atoms with Crippen LogP contribution in [-0.4, -0.2) is 43.0 Å². The second-order valence-electron chi connectivity index (χ2n) is 4.77. The van der Waals surface area contributed by atoms with Gasteiger partial charge >= 0.3 is 0 Å². The van der Waals surface area contributed by atoms with Crippen molar-refractivity contribution in [1.29, 1.82) is 0 Å². The van der Waals surface area contributed by atoms with Crippen molar-refractivity contribution in [3.63, 3.8) is 0 Å². The zero-order chi connectivity index (χ0) is 13.5. The molecule has 1 fully saturated rings. The van der Waals surface area contributed by atoms with Gasteiger partial charge in [-0.3, -0.25) is 0 Å². The van der Waals surface area contributed by atoms with Gasteiger partial charge < -0.3 is 15.0 Å². The third-order valence-corrected chi connectivity index (χ3v) is 3.09. The lowest BCUT2D eigenvalue weighted by Crippen LogP contribution is -2.28. The summed E-state index contributed by atoms with van der Waals surface area (Å²) in [6, 6.07) is 4.73. The summed E-state index contributed by atoms with van der Waals surface area (Å²) in [5.74, 6) is 0.868. The minimum absolute atomic E-state index is 0.667. The average Bonchev–Trinajstić information content (AvgIpc) is 3.26. The fourth-order valence-corrected chi connectivity index (χ4v) is 1.81. The number of nitrogens with one attached hydrogen (secondary N) is 1. The predicted molar refractivity (Wildman–Crippen MR) is 76.2 cm³/mol. The van der Waals surface area contributed by atoms with E-state index in [2.05, 4.69) is 27.0 Å². The predicted octanol–water partition coefficient (Wildman–Crippen LogP) is 1.37. The smallest absolute Gasteiger partial charge is 0.151 e. The molecule has 1 aromatic heterocycles. The van der Waals surface area contributed by atoms with Crippen LogP contribution in [0.3, 0.4) is 0 Å². The molecule has 0 radical (unpaired) electrons. The van der Waals surface area contributed by atoms with Crippen LogP contribution < -0.4 is 10.2 Å². The van der Waals surface area contributed by atoms with Crippen molar-refractivity contribution < 1.29 is 4.74 Å². The van der Waals surface area contributed by atoms with E-state index in [1.807, 2.05) is 18.2 Å². The number of hydrogen-bond acceptors (Lipinski definition) is 5. The molecule has 1 saturated carbocycles. The summed E-state index contributed by atoms with van der Waals surface area (Å²) < 4.78 is 5.10. The van der Waals surface area contributed by atoms with Gasteiger partial charge in [0.05, 0.1) is 12.3 Å². The molecule has 0 aliphatic heterocycles. The van der Waals surface area contributed by atoms with Gasteiger partial charge in [-0.1, -0.05) is 6.08 Å². The van der Waals surface area contributed by atoms with E-state index in [0.29, 0.717) is 12.6 Å². The molecule has 0 amide bonds. The first-order valence-corrected chi connectivity index (χ1v) is 6.74. The molecule has 1 aliphatic rings. The monoisotopic (exact) mass is 262 g/mol. The van der Waals surface area contributed by atoms with Gasteiger partial charge in [-0.2, -0.15) is 5.10 Å². The Kier molecular flexibility index (Phi) is 5.30. The quantitative estimate of drug-likeness (QED) is 0.681. The molecule has 1 aliphatic carbocycles. The van der Waals surface area contributed by atoms with Crippen molar-refractivity contribution in [1.82, 2.24) is 15.5 Å². The SMILES string of the molecule is C=CCN(CCOC)c1ccc(CNC2CC2)nn1. The second kappa shape index (κ2) is 7.21. The van der Waals surface area contributed by atoms with Gasteiger partial charge in [-0.15, -0.1) is 11.7 Å². The van der Waals surface area contributed by atoms with Gasteiger partial charge in [0.2, 0.25) is 0 Å². The highest BCUT2D eigenvalue weighted by atomic mass is 16.5. The molecule has 104 valence electrons. The molecule has 1 N–H and O–H groups in total. The Morgan fingerprint density at radius 1 is 1.47 bits per heavy atom. The van der Waals surface area contributed by atoms with Crippen LogP contribution in [0, 0.1) is 0 Å². The van der Waals surface area contributed by atoms with Gasteiger partial charge in [-0.05, 0) is 25.0 Å². The van der Waals surface area contributed by atoms with Crippen molar-refractivity contribution in [2.24, 2.45) is 0 Å². The maximum Gasteiger partial charge on any atom is 0.151 e. The largest absolute Gasteiger partial charge is 0.383 e. The molecule has 19 heavy (non-hydrogen) atoms. The topological polar surface area (TPSA) is 50.3 Å². The van der Waals surface area contributed by atoms with Gasteiger partial charge in [0.25, 0.3) is 0 Å². The molecule has 0 aromatic carbocycles. The molecule has 0 unspecified atom stereocenters. The molecule has 5 heteroatoms. The van der Waals surface area contributed by atoms with Crippen molar-refractivity contribution in [3.8, 4) is 0 Å². The van der Waals surface area contributed by atoms with Crippen molar-refractivity contribution in [3.05, 3.63) is 30.5 Å². The summed E-state index contributed by atoms with van der Waals surface area (Å²) in [6.07, 6.45) is 4.44. The standard InChI is InChI=1S/C14H22N4O/c1-3-8-18(9-10-19-2)14-7-6-13(16-17-14)11-15-12-4-5-12/h3,6-7,12,15H,1,4-5,8-11H2,2H3. The van der Waals surface area contributed by atoms with Gasteiger partial charge in [0, 0.05) is 32.8 Å². The van der Waals surface area contributed by atoms with E-state index in [1.165, 1.54) is 12.8 Å². The number of rotatable bonds is 9. The van der Waals surface area contributed by atoms with Crippen LogP contribution in [0.1, 0.15) is 18.5 Å². The zero-order valence-electron chi connectivity index (χ0n) is 11.5. The lowest BCUT2D eigenvalue weighted by Gasteiger charge is -2.21. The summed E-state index contributed by atoms with van der Waals surface area (Å²) in [5.41, 5.74) is 0.987. The molecular formula is C14H22N4O. The molecule has 5 nitrogen and oxygen atoms in total. The summed E-state index contributed by atoms with van der Waals surface area (Å²) >= 11 is 0. The lowest BCUT2D eigenvalue weighted by atomic mass is 10.3. The van der Waals surface area contributed by atoms with Crippen molar-refractivity contribution in [2.75, 3.05) is 31.7 Å². The Bertz CT molecular complexity index is 389. The first-order chi connectivity index (χ1) is 9.33. The van der Waals surface area contributed by atoms with E-state index >= 15 is 0 Å². The van der Waals surface area contributed by atoms with E-state index in [-0.39, 0.29) is 0 Å². The van der Waals surface area contributed by atoms with Crippen LogP contribution in [0.2, 0.25) is 0 Å². The van der Waals surface area contributed by atoms with Gasteiger partial charge in [0.15, 0.2) is 5.82 Å².